The zero-order valence-electron chi connectivity index (χ0n) is 16.3. The molecule has 0 aliphatic carbocycles. The molecule has 0 atom stereocenters. The lowest BCUT2D eigenvalue weighted by atomic mass is 10.1. The molecular formula is C22F14. The standard InChI is InChI=1S/C22F14/c23-9-5(1-3-7-13(27)17(31)21(35)18(32)14(7)28)10(24)12(26)6(11(9)25)2-4-8-15(29)19(33)22(36)20(34)16(8)30. The molecule has 0 aliphatic heterocycles. The van der Waals surface area contributed by atoms with Gasteiger partial charge in [-0.2, -0.15) is 0 Å². The van der Waals surface area contributed by atoms with Crippen molar-refractivity contribution >= 4 is 0 Å². The number of benzene rings is 3. The van der Waals surface area contributed by atoms with Gasteiger partial charge in [-0.25, -0.2) is 61.5 Å². The van der Waals surface area contributed by atoms with Crippen LogP contribution < -0.4 is 0 Å². The van der Waals surface area contributed by atoms with Crippen molar-refractivity contribution in [1.82, 2.24) is 0 Å². The Labute approximate surface area is 189 Å². The minimum absolute atomic E-state index is 1.14. The van der Waals surface area contributed by atoms with E-state index in [1.165, 1.54) is 0 Å². The lowest BCUT2D eigenvalue weighted by Crippen LogP contribution is -2.07. The fraction of sp³-hybridized carbons (Fsp3) is 0. The van der Waals surface area contributed by atoms with Gasteiger partial charge in [-0.05, 0) is 0 Å². The smallest absolute Gasteiger partial charge is 0.200 e. The highest BCUT2D eigenvalue weighted by Gasteiger charge is 2.28. The quantitative estimate of drug-likeness (QED) is 0.136. The Hall–Kier alpha value is -4.20. The molecule has 14 heteroatoms. The van der Waals surface area contributed by atoms with Crippen LogP contribution in [0.3, 0.4) is 0 Å². The van der Waals surface area contributed by atoms with Crippen molar-refractivity contribution in [1.29, 1.82) is 0 Å². The summed E-state index contributed by atoms with van der Waals surface area (Å²) >= 11 is 0. The number of rotatable bonds is 0. The van der Waals surface area contributed by atoms with E-state index in [9.17, 15) is 61.5 Å². The van der Waals surface area contributed by atoms with E-state index in [1.807, 2.05) is 0 Å². The van der Waals surface area contributed by atoms with Crippen LogP contribution in [0.4, 0.5) is 61.5 Å². The summed E-state index contributed by atoms with van der Waals surface area (Å²) in [5.74, 6) is -30.5. The second-order valence-corrected chi connectivity index (χ2v) is 6.40. The van der Waals surface area contributed by atoms with Crippen LogP contribution >= 0.6 is 0 Å². The molecule has 186 valence electrons. The lowest BCUT2D eigenvalue weighted by Gasteiger charge is -2.05. The highest BCUT2D eigenvalue weighted by atomic mass is 19.2. The van der Waals surface area contributed by atoms with Gasteiger partial charge in [0.1, 0.15) is 22.3 Å². The van der Waals surface area contributed by atoms with Crippen molar-refractivity contribution in [3.63, 3.8) is 0 Å². The SMILES string of the molecule is Fc1c(F)c(F)c(C#Cc2c(F)c(F)c(C#Cc3c(F)c(F)c(F)c(F)c3F)c(F)c2F)c(F)c1F. The van der Waals surface area contributed by atoms with Gasteiger partial charge in [0.05, 0.1) is 0 Å². The van der Waals surface area contributed by atoms with Crippen molar-refractivity contribution in [2.75, 3.05) is 0 Å². The third-order valence-electron chi connectivity index (χ3n) is 4.31. The molecule has 0 bridgehead atoms. The Morgan fingerprint density at radius 3 is 0.472 bits per heavy atom. The Morgan fingerprint density at radius 2 is 0.306 bits per heavy atom. The summed E-state index contributed by atoms with van der Waals surface area (Å²) in [5, 5.41) is 0. The maximum atomic E-state index is 14.2. The monoisotopic (exact) mass is 530 g/mol. The summed E-state index contributed by atoms with van der Waals surface area (Å²) in [6.45, 7) is 0. The van der Waals surface area contributed by atoms with Crippen LogP contribution in [0.5, 0.6) is 0 Å². The Morgan fingerprint density at radius 1 is 0.194 bits per heavy atom. The molecule has 0 unspecified atom stereocenters. The van der Waals surface area contributed by atoms with Crippen molar-refractivity contribution in [3.8, 4) is 23.7 Å². The summed E-state index contributed by atoms with van der Waals surface area (Å²) in [6.07, 6.45) is 0. The molecule has 0 fully saturated rings. The molecule has 0 saturated heterocycles. The zero-order valence-corrected chi connectivity index (χ0v) is 16.3. The van der Waals surface area contributed by atoms with Gasteiger partial charge < -0.3 is 0 Å². The second kappa shape index (κ2) is 9.45. The number of hydrogen-bond acceptors (Lipinski definition) is 0. The molecule has 3 aromatic rings. The van der Waals surface area contributed by atoms with Gasteiger partial charge in [0, 0.05) is 0 Å². The zero-order chi connectivity index (χ0) is 27.2. The molecule has 0 nitrogen and oxygen atoms in total. The minimum atomic E-state index is -2.60. The minimum Gasteiger partial charge on any atom is -0.202 e. The van der Waals surface area contributed by atoms with Crippen LogP contribution in [-0.4, -0.2) is 0 Å². The highest BCUT2D eigenvalue weighted by Crippen LogP contribution is 2.26. The fourth-order valence-electron chi connectivity index (χ4n) is 2.53. The topological polar surface area (TPSA) is 0 Å². The van der Waals surface area contributed by atoms with E-state index in [0.29, 0.717) is 0 Å². The van der Waals surface area contributed by atoms with E-state index < -0.39 is 104 Å². The number of halogens is 14. The van der Waals surface area contributed by atoms with Crippen LogP contribution in [0.25, 0.3) is 0 Å². The molecule has 0 heterocycles. The molecule has 0 radical (unpaired) electrons. The summed E-state index contributed by atoms with van der Waals surface area (Å²) in [6, 6.07) is 0. The lowest BCUT2D eigenvalue weighted by molar-refractivity contribution is 0.376. The average Bonchev–Trinajstić information content (AvgIpc) is 2.86. The first-order chi connectivity index (χ1) is 16.7. The van der Waals surface area contributed by atoms with Gasteiger partial charge in [-0.15, -0.1) is 0 Å². The summed E-state index contributed by atoms with van der Waals surface area (Å²) in [5.41, 5.74) is -7.70. The van der Waals surface area contributed by atoms with Crippen LogP contribution in [-0.2, 0) is 0 Å². The first-order valence-electron chi connectivity index (χ1n) is 8.65. The predicted molar refractivity (Wildman–Crippen MR) is 90.7 cm³/mol. The molecule has 0 N–H and O–H groups in total. The van der Waals surface area contributed by atoms with E-state index in [4.69, 9.17) is 0 Å². The molecule has 0 amide bonds. The molecular weight excluding hydrogens is 530 g/mol. The first-order valence-corrected chi connectivity index (χ1v) is 8.65. The van der Waals surface area contributed by atoms with Gasteiger partial charge in [0.2, 0.25) is 11.6 Å². The Bertz CT molecular complexity index is 1380. The second-order valence-electron chi connectivity index (χ2n) is 6.40. The highest BCUT2D eigenvalue weighted by molar-refractivity contribution is 5.52. The molecule has 3 aromatic carbocycles. The van der Waals surface area contributed by atoms with Crippen LogP contribution in [0.15, 0.2) is 0 Å². The van der Waals surface area contributed by atoms with Gasteiger partial charge in [0.15, 0.2) is 69.8 Å². The third kappa shape index (κ3) is 4.08. The van der Waals surface area contributed by atoms with Crippen molar-refractivity contribution < 1.29 is 61.5 Å². The van der Waals surface area contributed by atoms with Crippen LogP contribution in [0.2, 0.25) is 0 Å². The molecule has 36 heavy (non-hydrogen) atoms. The van der Waals surface area contributed by atoms with Crippen LogP contribution in [0.1, 0.15) is 22.3 Å². The van der Waals surface area contributed by atoms with Gasteiger partial charge in [-0.1, -0.05) is 23.7 Å². The summed E-state index contributed by atoms with van der Waals surface area (Å²) in [7, 11) is 0. The van der Waals surface area contributed by atoms with Crippen LogP contribution in [0, 0.1) is 105 Å². The molecule has 0 spiro atoms. The fourth-order valence-corrected chi connectivity index (χ4v) is 2.53. The van der Waals surface area contributed by atoms with E-state index >= 15 is 0 Å². The van der Waals surface area contributed by atoms with Gasteiger partial charge in [-0.3, -0.25) is 0 Å². The normalized spacial score (nSPS) is 10.6. The van der Waals surface area contributed by atoms with E-state index in [0.717, 1.165) is 23.7 Å². The molecule has 0 aliphatic rings. The summed E-state index contributed by atoms with van der Waals surface area (Å²) < 4.78 is 190. The predicted octanol–water partition coefficient (Wildman–Crippen LogP) is 6.43. The largest absolute Gasteiger partial charge is 0.202 e. The Balaban J connectivity index is 2.20. The maximum absolute atomic E-state index is 14.2. The Kier molecular flexibility index (Phi) is 6.93. The molecule has 0 aromatic heterocycles. The van der Waals surface area contributed by atoms with E-state index in [2.05, 4.69) is 0 Å². The maximum Gasteiger partial charge on any atom is 0.200 e. The summed E-state index contributed by atoms with van der Waals surface area (Å²) in [4.78, 5) is 0. The first kappa shape index (κ1) is 26.4. The van der Waals surface area contributed by atoms with E-state index in [1.54, 1.807) is 0 Å². The molecule has 3 rings (SSSR count). The van der Waals surface area contributed by atoms with E-state index in [-0.39, 0.29) is 0 Å². The third-order valence-corrected chi connectivity index (χ3v) is 4.31. The molecule has 0 saturated carbocycles. The number of hydrogen-bond donors (Lipinski definition) is 0. The van der Waals surface area contributed by atoms with Crippen molar-refractivity contribution in [3.05, 3.63) is 104 Å². The average molecular weight is 530 g/mol. The van der Waals surface area contributed by atoms with Gasteiger partial charge in [0.25, 0.3) is 0 Å². The van der Waals surface area contributed by atoms with Crippen molar-refractivity contribution in [2.45, 2.75) is 0 Å². The van der Waals surface area contributed by atoms with Gasteiger partial charge >= 0.3 is 0 Å². The van der Waals surface area contributed by atoms with Crippen molar-refractivity contribution in [2.24, 2.45) is 0 Å².